The van der Waals surface area contributed by atoms with E-state index in [-0.39, 0.29) is 11.8 Å². The smallest absolute Gasteiger partial charge is 0.248 e. The zero-order valence-corrected chi connectivity index (χ0v) is 13.5. The zero-order chi connectivity index (χ0) is 15.1. The van der Waals surface area contributed by atoms with Gasteiger partial charge in [-0.2, -0.15) is 5.10 Å². The van der Waals surface area contributed by atoms with Crippen LogP contribution in [0.3, 0.4) is 0 Å². The van der Waals surface area contributed by atoms with Crippen molar-refractivity contribution in [1.82, 2.24) is 0 Å². The summed E-state index contributed by atoms with van der Waals surface area (Å²) in [7, 11) is 0. The van der Waals surface area contributed by atoms with Gasteiger partial charge >= 0.3 is 0 Å². The van der Waals surface area contributed by atoms with Crippen LogP contribution in [0.4, 0.5) is 5.69 Å². The highest BCUT2D eigenvalue weighted by molar-refractivity contribution is 7.10. The Kier molecular flexibility index (Phi) is 3.51. The second-order valence-electron chi connectivity index (χ2n) is 5.72. The summed E-state index contributed by atoms with van der Waals surface area (Å²) in [5, 5.41) is 9.04. The van der Waals surface area contributed by atoms with Crippen LogP contribution in [0.5, 0.6) is 0 Å². The van der Waals surface area contributed by atoms with Gasteiger partial charge in [0.25, 0.3) is 0 Å². The molecule has 0 N–H and O–H groups in total. The van der Waals surface area contributed by atoms with Gasteiger partial charge < -0.3 is 0 Å². The summed E-state index contributed by atoms with van der Waals surface area (Å²) in [5.74, 6) is 0.321. The lowest BCUT2D eigenvalue weighted by Gasteiger charge is -2.28. The highest BCUT2D eigenvalue weighted by Crippen LogP contribution is 2.34. The van der Waals surface area contributed by atoms with Crippen molar-refractivity contribution in [3.63, 3.8) is 0 Å². The predicted octanol–water partition coefficient (Wildman–Crippen LogP) is 4.50. The first-order chi connectivity index (χ1) is 10.7. The Morgan fingerprint density at radius 2 is 2.05 bits per heavy atom. The molecule has 0 saturated heterocycles. The first kappa shape index (κ1) is 14.0. The molecule has 112 valence electrons. The molecule has 4 rings (SSSR count). The van der Waals surface area contributed by atoms with E-state index in [9.17, 15) is 4.79 Å². The lowest BCUT2D eigenvalue weighted by molar-refractivity contribution is -0.119. The monoisotopic (exact) mass is 330 g/mol. The lowest BCUT2D eigenvalue weighted by Crippen LogP contribution is -2.37. The normalized spacial score (nSPS) is 21.0. The van der Waals surface area contributed by atoms with Gasteiger partial charge in [-0.25, -0.2) is 5.01 Å². The third kappa shape index (κ3) is 2.36. The van der Waals surface area contributed by atoms with Gasteiger partial charge in [-0.3, -0.25) is 4.79 Å². The minimum absolute atomic E-state index is 0.0646. The number of carbonyl (C=O) groups is 1. The molecule has 3 nitrogen and oxygen atoms in total. The van der Waals surface area contributed by atoms with Crippen LogP contribution in [0, 0.1) is 5.92 Å². The fraction of sp³-hybridized carbons (Fsp3) is 0.294. The van der Waals surface area contributed by atoms with Crippen LogP contribution >= 0.6 is 22.9 Å². The summed E-state index contributed by atoms with van der Waals surface area (Å²) in [4.78, 5) is 13.9. The Morgan fingerprint density at radius 3 is 2.86 bits per heavy atom. The fourth-order valence-electron chi connectivity index (χ4n) is 3.21. The van der Waals surface area contributed by atoms with Crippen molar-refractivity contribution in [2.75, 3.05) is 5.01 Å². The molecule has 2 aliphatic rings. The number of aryl methyl sites for hydroxylation is 1. The fourth-order valence-corrected chi connectivity index (χ4v) is 4.26. The average Bonchev–Trinajstić information content (AvgIpc) is 2.91. The number of hydrogen-bond acceptors (Lipinski definition) is 3. The van der Waals surface area contributed by atoms with Crippen LogP contribution in [-0.2, 0) is 11.2 Å². The highest BCUT2D eigenvalue weighted by Gasteiger charge is 2.33. The van der Waals surface area contributed by atoms with Gasteiger partial charge in [0.2, 0.25) is 5.91 Å². The van der Waals surface area contributed by atoms with E-state index in [0.29, 0.717) is 11.4 Å². The van der Waals surface area contributed by atoms with Crippen molar-refractivity contribution in [2.24, 2.45) is 11.0 Å². The molecule has 1 atom stereocenters. The molecule has 2 heterocycles. The Balaban J connectivity index is 1.79. The van der Waals surface area contributed by atoms with Gasteiger partial charge in [0.05, 0.1) is 11.4 Å². The molecule has 0 spiro atoms. The summed E-state index contributed by atoms with van der Waals surface area (Å²) in [6.45, 7) is 0. The maximum atomic E-state index is 12.5. The highest BCUT2D eigenvalue weighted by atomic mass is 35.5. The molecular weight excluding hydrogens is 316 g/mol. The number of benzene rings is 1. The third-order valence-electron chi connectivity index (χ3n) is 4.30. The molecule has 0 bridgehead atoms. The number of amides is 1. The van der Waals surface area contributed by atoms with Crippen LogP contribution < -0.4 is 5.01 Å². The van der Waals surface area contributed by atoms with Gasteiger partial charge in [0.1, 0.15) is 0 Å². The first-order valence-corrected chi connectivity index (χ1v) is 8.72. The van der Waals surface area contributed by atoms with Crippen molar-refractivity contribution in [1.29, 1.82) is 0 Å². The van der Waals surface area contributed by atoms with Crippen molar-refractivity contribution in [3.05, 3.63) is 51.2 Å². The Labute approximate surface area is 138 Å². The molecule has 1 aromatic heterocycles. The molecule has 1 amide bonds. The number of hydrogen-bond donors (Lipinski definition) is 0. The van der Waals surface area contributed by atoms with Crippen LogP contribution in [0.1, 0.15) is 29.7 Å². The van der Waals surface area contributed by atoms with Crippen LogP contribution in [-0.4, -0.2) is 11.6 Å². The van der Waals surface area contributed by atoms with Crippen molar-refractivity contribution in [2.45, 2.75) is 25.7 Å². The third-order valence-corrected chi connectivity index (χ3v) is 5.53. The Bertz CT molecular complexity index is 750. The molecule has 0 fully saturated rings. The van der Waals surface area contributed by atoms with Gasteiger partial charge in [-0.15, -0.1) is 11.3 Å². The number of anilines is 1. The van der Waals surface area contributed by atoms with E-state index in [1.165, 1.54) is 15.4 Å². The number of halogens is 1. The summed E-state index contributed by atoms with van der Waals surface area (Å²) < 4.78 is 0. The molecule has 2 aromatic rings. The van der Waals surface area contributed by atoms with E-state index in [1.54, 1.807) is 23.5 Å². The van der Waals surface area contributed by atoms with Crippen LogP contribution in [0.25, 0.3) is 0 Å². The van der Waals surface area contributed by atoms with E-state index in [0.717, 1.165) is 30.7 Å². The van der Waals surface area contributed by atoms with Crippen molar-refractivity contribution >= 4 is 40.2 Å². The van der Waals surface area contributed by atoms with E-state index in [4.69, 9.17) is 16.7 Å². The van der Waals surface area contributed by atoms with Crippen LogP contribution in [0.2, 0.25) is 5.02 Å². The van der Waals surface area contributed by atoms with E-state index in [2.05, 4.69) is 11.4 Å². The summed E-state index contributed by atoms with van der Waals surface area (Å²) in [5.41, 5.74) is 3.09. The van der Waals surface area contributed by atoms with E-state index < -0.39 is 0 Å². The maximum absolute atomic E-state index is 12.5. The molecule has 1 aliphatic heterocycles. The number of hydrazone groups is 1. The molecule has 22 heavy (non-hydrogen) atoms. The van der Waals surface area contributed by atoms with Crippen molar-refractivity contribution < 1.29 is 4.79 Å². The van der Waals surface area contributed by atoms with Gasteiger partial charge in [-0.05, 0) is 55.0 Å². The molecule has 5 heteroatoms. The molecule has 1 aliphatic carbocycles. The topological polar surface area (TPSA) is 32.7 Å². The largest absolute Gasteiger partial charge is 0.273 e. The van der Waals surface area contributed by atoms with Gasteiger partial charge in [-0.1, -0.05) is 11.6 Å². The summed E-state index contributed by atoms with van der Waals surface area (Å²) >= 11 is 7.73. The Hall–Kier alpha value is -1.65. The number of carbonyl (C=O) groups excluding carboxylic acids is 1. The number of nitrogens with zero attached hydrogens (tertiary/aromatic N) is 2. The van der Waals surface area contributed by atoms with Gasteiger partial charge in [0.15, 0.2) is 0 Å². The Morgan fingerprint density at radius 1 is 1.23 bits per heavy atom. The second kappa shape index (κ2) is 5.52. The minimum Gasteiger partial charge on any atom is -0.273 e. The SMILES string of the molecule is O=C1CC2CCCc3sccc3C2=NN1c1ccc(Cl)cc1. The predicted molar refractivity (Wildman–Crippen MR) is 90.8 cm³/mol. The second-order valence-corrected chi connectivity index (χ2v) is 7.16. The molecular formula is C17H15ClN2OS. The maximum Gasteiger partial charge on any atom is 0.248 e. The molecule has 1 aromatic carbocycles. The quantitative estimate of drug-likeness (QED) is 0.758. The molecule has 0 radical (unpaired) electrons. The lowest BCUT2D eigenvalue weighted by atomic mass is 9.91. The average molecular weight is 331 g/mol. The summed E-state index contributed by atoms with van der Waals surface area (Å²) in [6, 6.07) is 9.41. The zero-order valence-electron chi connectivity index (χ0n) is 12.0. The number of thiophene rings is 1. The van der Waals surface area contributed by atoms with E-state index >= 15 is 0 Å². The minimum atomic E-state index is 0.0646. The molecule has 1 unspecified atom stereocenters. The van der Waals surface area contributed by atoms with E-state index in [1.807, 2.05) is 12.1 Å². The summed E-state index contributed by atoms with van der Waals surface area (Å²) in [6.07, 6.45) is 3.81. The first-order valence-electron chi connectivity index (χ1n) is 7.46. The number of rotatable bonds is 1. The molecule has 0 saturated carbocycles. The van der Waals surface area contributed by atoms with Crippen LogP contribution in [0.15, 0.2) is 40.8 Å². The number of fused-ring (bicyclic) bond motifs is 3. The standard InChI is InChI=1S/C17H15ClN2OS/c18-12-4-6-13(7-5-12)20-16(21)10-11-2-1-3-15-14(8-9-22-15)17(11)19-20/h4-9,11H,1-3,10H2. The van der Waals surface area contributed by atoms with Gasteiger partial charge in [0, 0.05) is 27.8 Å². The van der Waals surface area contributed by atoms with Crippen molar-refractivity contribution in [3.8, 4) is 0 Å².